The van der Waals surface area contributed by atoms with Gasteiger partial charge in [-0.1, -0.05) is 36.7 Å². The van der Waals surface area contributed by atoms with Crippen LogP contribution in [0.15, 0.2) is 42.5 Å². The summed E-state index contributed by atoms with van der Waals surface area (Å²) in [5.74, 6) is 0.522. The largest absolute Gasteiger partial charge is 0.485 e. The second kappa shape index (κ2) is 19.1. The Kier molecular flexibility index (Phi) is 14.7. The van der Waals surface area contributed by atoms with Crippen LogP contribution in [0, 0.1) is 17.8 Å². The van der Waals surface area contributed by atoms with Crippen molar-refractivity contribution < 1.29 is 32.2 Å². The number of hydrogen-bond acceptors (Lipinski definition) is 11. The fourth-order valence-corrected chi connectivity index (χ4v) is 11.2. The first kappa shape index (κ1) is 43.8. The van der Waals surface area contributed by atoms with Crippen LogP contribution in [0.2, 0.25) is 5.02 Å². The third-order valence-electron chi connectivity index (χ3n) is 12.9. The molecule has 14 heteroatoms. The van der Waals surface area contributed by atoms with Crippen LogP contribution in [-0.4, -0.2) is 126 Å². The molecule has 1 saturated carbocycles. The molecule has 12 nitrogen and oxygen atoms in total. The van der Waals surface area contributed by atoms with Gasteiger partial charge in [-0.3, -0.25) is 14.6 Å². The van der Waals surface area contributed by atoms with E-state index < -0.39 is 26.8 Å². The number of anilines is 1. The van der Waals surface area contributed by atoms with Gasteiger partial charge in [-0.05, 0) is 112 Å². The SMILES string of the molecule is COCC[C@@H]1[C@@H](C)C/C=C/[C@](CN2CCN(C(C)(C)COC)CC2)(OC)[C@@H]2CC[C@H]2CN2CCCCc3cc(Cl)ccc3COc3ccc(nc32)C(=O)NS1(=O)=O. The zero-order valence-electron chi connectivity index (χ0n) is 34.8. The van der Waals surface area contributed by atoms with Gasteiger partial charge in [0.1, 0.15) is 17.9 Å². The summed E-state index contributed by atoms with van der Waals surface area (Å²) in [6, 6.07) is 9.23. The van der Waals surface area contributed by atoms with Gasteiger partial charge in [0.25, 0.3) is 5.91 Å². The maximum Gasteiger partial charge on any atom is 0.283 e. The number of nitrogens with one attached hydrogen (secondary N) is 1. The summed E-state index contributed by atoms with van der Waals surface area (Å²) in [7, 11) is 1.03. The number of ether oxygens (including phenoxy) is 4. The minimum Gasteiger partial charge on any atom is -0.485 e. The number of piperazine rings is 1. The van der Waals surface area contributed by atoms with E-state index in [1.807, 2.05) is 32.2 Å². The topological polar surface area (TPSA) is 123 Å². The molecule has 1 N–H and O–H groups in total. The monoisotopic (exact) mass is 829 g/mol. The Labute approximate surface area is 345 Å². The lowest BCUT2D eigenvalue weighted by atomic mass is 9.63. The van der Waals surface area contributed by atoms with Crippen LogP contribution < -0.4 is 14.4 Å². The smallest absolute Gasteiger partial charge is 0.283 e. The quantitative estimate of drug-likeness (QED) is 0.301. The van der Waals surface area contributed by atoms with E-state index >= 15 is 0 Å². The van der Waals surface area contributed by atoms with E-state index in [9.17, 15) is 13.2 Å². The van der Waals surface area contributed by atoms with Crippen LogP contribution in [-0.2, 0) is 37.3 Å². The standard InChI is InChI=1S/C43H64ClN5O7S/c1-31-10-9-19-43(55-6,29-47-21-23-49(24-22-47)42(2,3)30-54-5)36-15-13-33(36)27-48-20-8-7-11-32-26-35(44)14-12-34(32)28-56-38-17-16-37(45-40(38)48)41(50)46-57(51,52)39(31)18-25-53-4/h9,12,14,16-17,19,26,31,33,36,39H,7-8,10-11,13,15,18,20-25,27-30H2,1-6H3,(H,46,50)/b19-9+/t31-,33-,36+,39+,43+/m0/s1. The summed E-state index contributed by atoms with van der Waals surface area (Å²) in [6.07, 6.45) is 9.82. The van der Waals surface area contributed by atoms with Gasteiger partial charge in [-0.15, -0.1) is 0 Å². The second-order valence-corrected chi connectivity index (χ2v) is 19.5. The van der Waals surface area contributed by atoms with Crippen molar-refractivity contribution in [2.24, 2.45) is 17.8 Å². The average Bonchev–Trinajstić information content (AvgIpc) is 3.19. The number of aromatic nitrogens is 1. The number of sulfonamides is 1. The lowest BCUT2D eigenvalue weighted by Crippen LogP contribution is -2.61. The number of rotatable bonds is 9. The van der Waals surface area contributed by atoms with Gasteiger partial charge in [0.15, 0.2) is 11.6 Å². The number of allylic oxidation sites excluding steroid dienone is 1. The Morgan fingerprint density at radius 1 is 1.02 bits per heavy atom. The van der Waals surface area contributed by atoms with Crippen molar-refractivity contribution in [2.45, 2.75) is 88.7 Å². The first-order chi connectivity index (χ1) is 27.3. The van der Waals surface area contributed by atoms with Crippen LogP contribution in [0.5, 0.6) is 5.75 Å². The van der Waals surface area contributed by atoms with Crippen molar-refractivity contribution in [1.29, 1.82) is 0 Å². The molecule has 3 aliphatic heterocycles. The molecule has 2 bridgehead atoms. The van der Waals surface area contributed by atoms with E-state index in [1.54, 1.807) is 26.4 Å². The number of benzene rings is 1. The highest BCUT2D eigenvalue weighted by atomic mass is 35.5. The summed E-state index contributed by atoms with van der Waals surface area (Å²) in [5.41, 5.74) is 1.60. The first-order valence-corrected chi connectivity index (χ1v) is 22.6. The minimum atomic E-state index is -4.12. The number of fused-ring (bicyclic) bond motifs is 3. The Balaban J connectivity index is 1.38. The summed E-state index contributed by atoms with van der Waals surface area (Å²) >= 11 is 6.42. The maximum atomic E-state index is 14.0. The number of methoxy groups -OCH3 is 3. The van der Waals surface area contributed by atoms with Gasteiger partial charge in [0, 0.05) is 84.3 Å². The molecule has 4 heterocycles. The van der Waals surface area contributed by atoms with E-state index in [2.05, 4.69) is 45.4 Å². The highest BCUT2D eigenvalue weighted by Crippen LogP contribution is 2.46. The van der Waals surface area contributed by atoms with Crippen molar-refractivity contribution in [3.8, 4) is 5.75 Å². The number of aryl methyl sites for hydroxylation is 1. The van der Waals surface area contributed by atoms with Gasteiger partial charge < -0.3 is 23.8 Å². The van der Waals surface area contributed by atoms with Crippen molar-refractivity contribution >= 4 is 33.3 Å². The number of amides is 1. The zero-order valence-corrected chi connectivity index (χ0v) is 36.4. The Morgan fingerprint density at radius 2 is 1.81 bits per heavy atom. The van der Waals surface area contributed by atoms with Crippen LogP contribution >= 0.6 is 11.6 Å². The summed E-state index contributed by atoms with van der Waals surface area (Å²) in [5, 5.41) is -0.172. The molecule has 1 aromatic heterocycles. The maximum absolute atomic E-state index is 14.0. The van der Waals surface area contributed by atoms with Crippen molar-refractivity contribution in [2.75, 3.05) is 85.3 Å². The molecule has 4 aliphatic rings. The fraction of sp³-hybridized carbons (Fsp3) is 0.674. The van der Waals surface area contributed by atoms with Crippen LogP contribution in [0.25, 0.3) is 0 Å². The second-order valence-electron chi connectivity index (χ2n) is 17.1. The highest BCUT2D eigenvalue weighted by Gasteiger charge is 2.49. The molecule has 0 unspecified atom stereocenters. The number of hydrogen-bond donors (Lipinski definition) is 1. The van der Waals surface area contributed by atoms with Gasteiger partial charge in [0.05, 0.1) is 11.9 Å². The molecule has 57 heavy (non-hydrogen) atoms. The fourth-order valence-electron chi connectivity index (χ4n) is 9.39. The van der Waals surface area contributed by atoms with Crippen LogP contribution in [0.1, 0.15) is 80.9 Å². The molecule has 1 saturated heterocycles. The van der Waals surface area contributed by atoms with Gasteiger partial charge in [-0.2, -0.15) is 0 Å². The zero-order chi connectivity index (χ0) is 40.8. The van der Waals surface area contributed by atoms with Crippen LogP contribution in [0.3, 0.4) is 0 Å². The molecular weight excluding hydrogens is 766 g/mol. The molecule has 316 valence electrons. The molecule has 2 fully saturated rings. The first-order valence-electron chi connectivity index (χ1n) is 20.7. The van der Waals surface area contributed by atoms with Crippen molar-refractivity contribution in [3.63, 3.8) is 0 Å². The molecule has 0 radical (unpaired) electrons. The van der Waals surface area contributed by atoms with E-state index in [4.69, 9.17) is 35.5 Å². The van der Waals surface area contributed by atoms with E-state index in [0.29, 0.717) is 49.3 Å². The Morgan fingerprint density at radius 3 is 2.51 bits per heavy atom. The van der Waals surface area contributed by atoms with Crippen molar-refractivity contribution in [3.05, 3.63) is 64.3 Å². The lowest BCUT2D eigenvalue weighted by molar-refractivity contribution is -0.0992. The molecule has 6 rings (SSSR count). The molecule has 1 amide bonds. The van der Waals surface area contributed by atoms with Gasteiger partial charge in [0.2, 0.25) is 10.0 Å². The molecule has 1 aliphatic carbocycles. The average molecular weight is 831 g/mol. The predicted octanol–water partition coefficient (Wildman–Crippen LogP) is 5.97. The van der Waals surface area contributed by atoms with E-state index in [1.165, 1.54) is 0 Å². The summed E-state index contributed by atoms with van der Waals surface area (Å²) in [6.45, 7) is 13.5. The number of carbonyl (C=O) groups excluding carboxylic acids is 1. The van der Waals surface area contributed by atoms with Gasteiger partial charge in [-0.25, -0.2) is 18.1 Å². The predicted molar refractivity (Wildman–Crippen MR) is 225 cm³/mol. The Hall–Kier alpha value is -2.78. The van der Waals surface area contributed by atoms with Crippen LogP contribution in [0.4, 0.5) is 5.82 Å². The molecule has 0 spiro atoms. The molecule has 2 aromatic rings. The highest BCUT2D eigenvalue weighted by molar-refractivity contribution is 7.90. The van der Waals surface area contributed by atoms with Crippen molar-refractivity contribution in [1.82, 2.24) is 19.5 Å². The number of carbonyl (C=O) groups is 1. The molecule has 5 atom stereocenters. The lowest BCUT2D eigenvalue weighted by Gasteiger charge is -2.52. The summed E-state index contributed by atoms with van der Waals surface area (Å²) in [4.78, 5) is 26.0. The van der Waals surface area contributed by atoms with E-state index in [0.717, 1.165) is 76.0 Å². The number of pyridine rings is 1. The normalized spacial score (nSPS) is 28.5. The molecular formula is C43H64ClN5O7S. The third kappa shape index (κ3) is 10.3. The molecule has 1 aromatic carbocycles. The Bertz CT molecular complexity index is 1820. The van der Waals surface area contributed by atoms with Gasteiger partial charge >= 0.3 is 0 Å². The number of nitrogens with zero attached hydrogens (tertiary/aromatic N) is 4. The minimum absolute atomic E-state index is 0.0299. The number of halogens is 1. The van der Waals surface area contributed by atoms with E-state index in [-0.39, 0.29) is 42.0 Å². The third-order valence-corrected chi connectivity index (χ3v) is 15.1. The summed E-state index contributed by atoms with van der Waals surface area (Å²) < 4.78 is 54.6.